The van der Waals surface area contributed by atoms with Crippen molar-refractivity contribution in [2.75, 3.05) is 16.0 Å². The third kappa shape index (κ3) is 6.03. The first kappa shape index (κ1) is 23.1. The normalized spacial score (nSPS) is 13.2. The van der Waals surface area contributed by atoms with Gasteiger partial charge in [-0.15, -0.1) is 0 Å². The van der Waals surface area contributed by atoms with Gasteiger partial charge in [-0.25, -0.2) is 22.9 Å². The molecule has 2 aromatic carbocycles. The van der Waals surface area contributed by atoms with Crippen LogP contribution in [0.25, 0.3) is 0 Å². The van der Waals surface area contributed by atoms with Crippen LogP contribution in [0.3, 0.4) is 0 Å². The number of halogens is 3. The van der Waals surface area contributed by atoms with Crippen molar-refractivity contribution in [3.05, 3.63) is 72.2 Å². The molecule has 3 amide bonds. The van der Waals surface area contributed by atoms with Crippen LogP contribution >= 0.6 is 0 Å². The Labute approximate surface area is 193 Å². The van der Waals surface area contributed by atoms with Crippen LogP contribution in [-0.4, -0.2) is 16.9 Å². The summed E-state index contributed by atoms with van der Waals surface area (Å²) in [5, 5.41) is 7.47. The van der Waals surface area contributed by atoms with Crippen LogP contribution in [0.1, 0.15) is 25.3 Å². The van der Waals surface area contributed by atoms with Crippen molar-refractivity contribution in [2.45, 2.75) is 25.7 Å². The summed E-state index contributed by atoms with van der Waals surface area (Å²) in [6.07, 6.45) is 3.29. The minimum atomic E-state index is -3.17. The van der Waals surface area contributed by atoms with E-state index in [1.54, 1.807) is 36.4 Å². The Bertz CT molecular complexity index is 1210. The predicted octanol–water partition coefficient (Wildman–Crippen LogP) is 6.12. The summed E-state index contributed by atoms with van der Waals surface area (Å²) >= 11 is 0. The topological polar surface area (TPSA) is 92.3 Å². The zero-order chi connectivity index (χ0) is 24.3. The molecular formula is C24H21F3N4O3. The zero-order valence-corrected chi connectivity index (χ0v) is 18.1. The van der Waals surface area contributed by atoms with E-state index in [1.165, 1.54) is 6.20 Å². The van der Waals surface area contributed by atoms with E-state index < -0.39 is 23.3 Å². The van der Waals surface area contributed by atoms with Gasteiger partial charge in [0.05, 0.1) is 5.69 Å². The van der Waals surface area contributed by atoms with Crippen LogP contribution in [0, 0.1) is 11.7 Å². The second-order valence-corrected chi connectivity index (χ2v) is 7.93. The molecule has 34 heavy (non-hydrogen) atoms. The highest BCUT2D eigenvalue weighted by atomic mass is 19.3. The summed E-state index contributed by atoms with van der Waals surface area (Å²) in [6, 6.07) is 11.5. The number of nitrogens with one attached hydrogen (secondary N) is 3. The fourth-order valence-electron chi connectivity index (χ4n) is 3.04. The molecule has 0 aliphatic heterocycles. The maximum atomic E-state index is 13.9. The second kappa shape index (κ2) is 9.42. The first-order valence-electron chi connectivity index (χ1n) is 10.5. The van der Waals surface area contributed by atoms with Gasteiger partial charge in [0.2, 0.25) is 5.91 Å². The van der Waals surface area contributed by atoms with Crippen molar-refractivity contribution in [3.8, 4) is 11.5 Å². The molecule has 3 N–H and O–H groups in total. The highest BCUT2D eigenvalue weighted by molar-refractivity contribution is 6.00. The van der Waals surface area contributed by atoms with Gasteiger partial charge in [0.1, 0.15) is 23.1 Å². The minimum Gasteiger partial charge on any atom is -0.457 e. The molecule has 0 spiro atoms. The number of hydrogen-bond acceptors (Lipinski definition) is 4. The molecule has 7 nitrogen and oxygen atoms in total. The first-order chi connectivity index (χ1) is 16.2. The molecule has 1 heterocycles. The number of benzene rings is 2. The van der Waals surface area contributed by atoms with Crippen molar-refractivity contribution in [1.29, 1.82) is 0 Å². The average molecular weight is 470 g/mol. The Morgan fingerprint density at radius 2 is 1.71 bits per heavy atom. The largest absolute Gasteiger partial charge is 0.457 e. The third-order valence-corrected chi connectivity index (χ3v) is 5.00. The van der Waals surface area contributed by atoms with Crippen LogP contribution in [0.2, 0.25) is 0 Å². The highest BCUT2D eigenvalue weighted by Gasteiger charge is 2.29. The highest BCUT2D eigenvalue weighted by Crippen LogP contribution is 2.31. The summed E-state index contributed by atoms with van der Waals surface area (Å²) in [7, 11) is 0. The molecule has 10 heteroatoms. The van der Waals surface area contributed by atoms with E-state index in [9.17, 15) is 22.8 Å². The monoisotopic (exact) mass is 470 g/mol. The Kier molecular flexibility index (Phi) is 6.40. The number of rotatable bonds is 7. The summed E-state index contributed by atoms with van der Waals surface area (Å²) in [4.78, 5) is 28.2. The maximum Gasteiger partial charge on any atom is 0.323 e. The predicted molar refractivity (Wildman–Crippen MR) is 121 cm³/mol. The van der Waals surface area contributed by atoms with Gasteiger partial charge in [0, 0.05) is 36.4 Å². The van der Waals surface area contributed by atoms with Gasteiger partial charge in [-0.2, -0.15) is 0 Å². The Morgan fingerprint density at radius 3 is 2.38 bits per heavy atom. The van der Waals surface area contributed by atoms with Gasteiger partial charge >= 0.3 is 6.03 Å². The molecule has 1 aliphatic rings. The number of anilines is 3. The fourth-order valence-corrected chi connectivity index (χ4v) is 3.04. The smallest absolute Gasteiger partial charge is 0.323 e. The quantitative estimate of drug-likeness (QED) is 0.388. The standard InChI is InChI=1S/C24H21F3N4O3/c1-24(26,27)15-4-9-19(25)20(12-15)30-23(33)29-16-5-7-17(8-6-16)34-18-10-11-28-21(13-18)31-22(32)14-2-3-14/h4-14H,2-3H2,1H3,(H,28,31,32)(H2,29,30,33). The van der Waals surface area contributed by atoms with Gasteiger partial charge in [-0.1, -0.05) is 6.07 Å². The van der Waals surface area contributed by atoms with Crippen molar-refractivity contribution < 1.29 is 27.5 Å². The Hall–Kier alpha value is -4.08. The number of urea groups is 1. The van der Waals surface area contributed by atoms with E-state index in [-0.39, 0.29) is 17.5 Å². The molecule has 1 saturated carbocycles. The van der Waals surface area contributed by atoms with E-state index in [1.807, 2.05) is 0 Å². The SMILES string of the molecule is CC(F)(F)c1ccc(F)c(NC(=O)Nc2ccc(Oc3ccnc(NC(=O)C4CC4)c3)cc2)c1. The average Bonchev–Trinajstić information content (AvgIpc) is 3.62. The van der Waals surface area contributed by atoms with Gasteiger partial charge in [0.25, 0.3) is 5.92 Å². The van der Waals surface area contributed by atoms with E-state index >= 15 is 0 Å². The number of pyridine rings is 1. The lowest BCUT2D eigenvalue weighted by Crippen LogP contribution is -2.20. The van der Waals surface area contributed by atoms with Crippen LogP contribution in [0.4, 0.5) is 35.2 Å². The molecule has 3 aromatic rings. The molecule has 0 bridgehead atoms. The van der Waals surface area contributed by atoms with Gasteiger partial charge in [-0.3, -0.25) is 4.79 Å². The maximum absolute atomic E-state index is 13.9. The molecule has 4 rings (SSSR count). The number of carbonyl (C=O) groups is 2. The lowest BCUT2D eigenvalue weighted by Gasteiger charge is -2.14. The number of ether oxygens (including phenoxy) is 1. The van der Waals surface area contributed by atoms with E-state index in [0.717, 1.165) is 31.0 Å². The van der Waals surface area contributed by atoms with Crippen LogP contribution < -0.4 is 20.7 Å². The fraction of sp³-hybridized carbons (Fsp3) is 0.208. The van der Waals surface area contributed by atoms with Gasteiger partial charge < -0.3 is 20.7 Å². The molecule has 1 fully saturated rings. The van der Waals surface area contributed by atoms with Crippen molar-refractivity contribution in [2.24, 2.45) is 5.92 Å². The molecule has 1 aliphatic carbocycles. The lowest BCUT2D eigenvalue weighted by molar-refractivity contribution is -0.117. The third-order valence-electron chi connectivity index (χ3n) is 5.00. The summed E-state index contributed by atoms with van der Waals surface area (Å²) < 4.78 is 46.6. The summed E-state index contributed by atoms with van der Waals surface area (Å²) in [6.45, 7) is 0.685. The number of nitrogens with zero attached hydrogens (tertiary/aromatic N) is 1. The van der Waals surface area contributed by atoms with Gasteiger partial charge in [-0.05, 0) is 55.3 Å². The Balaban J connectivity index is 1.35. The summed E-state index contributed by atoms with van der Waals surface area (Å²) in [5.41, 5.74) is -0.412. The lowest BCUT2D eigenvalue weighted by atomic mass is 10.1. The van der Waals surface area contributed by atoms with Crippen LogP contribution in [0.5, 0.6) is 11.5 Å². The van der Waals surface area contributed by atoms with Crippen molar-refractivity contribution in [1.82, 2.24) is 4.98 Å². The number of alkyl halides is 2. The van der Waals surface area contributed by atoms with E-state index in [0.29, 0.717) is 29.9 Å². The molecule has 0 unspecified atom stereocenters. The van der Waals surface area contributed by atoms with Crippen molar-refractivity contribution >= 4 is 29.1 Å². The Morgan fingerprint density at radius 1 is 0.971 bits per heavy atom. The molecule has 176 valence electrons. The van der Waals surface area contributed by atoms with Crippen LogP contribution in [-0.2, 0) is 10.7 Å². The molecular weight excluding hydrogens is 449 g/mol. The molecule has 0 saturated heterocycles. The van der Waals surface area contributed by atoms with Crippen LogP contribution in [0.15, 0.2) is 60.8 Å². The molecule has 0 radical (unpaired) electrons. The van der Waals surface area contributed by atoms with Crippen molar-refractivity contribution in [3.63, 3.8) is 0 Å². The number of carbonyl (C=O) groups excluding carboxylic acids is 2. The number of amides is 3. The van der Waals surface area contributed by atoms with Gasteiger partial charge in [0.15, 0.2) is 0 Å². The van der Waals surface area contributed by atoms with E-state index in [2.05, 4.69) is 20.9 Å². The van der Waals surface area contributed by atoms with E-state index in [4.69, 9.17) is 4.74 Å². The zero-order valence-electron chi connectivity index (χ0n) is 18.1. The minimum absolute atomic E-state index is 0.0524. The molecule has 1 aromatic heterocycles. The second-order valence-electron chi connectivity index (χ2n) is 7.93. The number of aromatic nitrogens is 1. The first-order valence-corrected chi connectivity index (χ1v) is 10.5. The summed E-state index contributed by atoms with van der Waals surface area (Å²) in [5.74, 6) is -2.71. The molecule has 0 atom stereocenters. The number of hydrogen-bond donors (Lipinski definition) is 3.